The Morgan fingerprint density at radius 3 is 2.56 bits per heavy atom. The van der Waals surface area contributed by atoms with Gasteiger partial charge in [0.05, 0.1) is 0 Å². The van der Waals surface area contributed by atoms with Crippen molar-refractivity contribution in [1.29, 1.82) is 0 Å². The van der Waals surface area contributed by atoms with Crippen molar-refractivity contribution < 1.29 is 20.1 Å². The molecule has 1 amide bonds. The van der Waals surface area contributed by atoms with E-state index in [1.165, 1.54) is 10.5 Å². The van der Waals surface area contributed by atoms with Crippen LogP contribution < -0.4 is 5.73 Å². The summed E-state index contributed by atoms with van der Waals surface area (Å²) in [6.07, 6.45) is 8.25. The number of nitrogens with two attached hydrogens (primary N) is 1. The Balaban J connectivity index is 1.58. The zero-order valence-electron chi connectivity index (χ0n) is 14.2. The molecule has 7 nitrogen and oxygen atoms in total. The quantitative estimate of drug-likeness (QED) is 0.381. The molecule has 0 aromatic heterocycles. The average Bonchev–Trinajstić information content (AvgIpc) is 2.65. The minimum absolute atomic E-state index is 0.301. The zero-order chi connectivity index (χ0) is 18.0. The third-order valence-corrected chi connectivity index (χ3v) is 5.33. The number of piperazine rings is 1. The van der Waals surface area contributed by atoms with Crippen LogP contribution in [-0.2, 0) is 4.79 Å². The molecule has 1 saturated heterocycles. The summed E-state index contributed by atoms with van der Waals surface area (Å²) in [6.45, 7) is 2.35. The number of amides is 1. The molecular weight excluding hydrogens is 322 g/mol. The van der Waals surface area contributed by atoms with Crippen molar-refractivity contribution in [1.82, 2.24) is 9.80 Å². The van der Waals surface area contributed by atoms with Crippen molar-refractivity contribution in [2.75, 3.05) is 26.2 Å². The highest BCUT2D eigenvalue weighted by Gasteiger charge is 2.36. The lowest BCUT2D eigenvalue weighted by molar-refractivity contribution is -0.153. The summed E-state index contributed by atoms with van der Waals surface area (Å²) in [4.78, 5) is 16.1. The summed E-state index contributed by atoms with van der Waals surface area (Å²) in [5, 5.41) is 28.6. The molecule has 0 aromatic carbocycles. The Kier molecular flexibility index (Phi) is 5.71. The minimum Gasteiger partial charge on any atom is -0.386 e. The van der Waals surface area contributed by atoms with Gasteiger partial charge in [0.1, 0.15) is 12.3 Å². The van der Waals surface area contributed by atoms with Crippen LogP contribution in [0.25, 0.3) is 0 Å². The zero-order valence-corrected chi connectivity index (χ0v) is 14.2. The van der Waals surface area contributed by atoms with Gasteiger partial charge in [-0.1, -0.05) is 36.0 Å². The average molecular weight is 349 g/mol. The molecule has 7 heteroatoms. The first-order chi connectivity index (χ1) is 12.0. The van der Waals surface area contributed by atoms with Gasteiger partial charge in [-0.15, -0.1) is 0 Å². The molecule has 0 saturated carbocycles. The van der Waals surface area contributed by atoms with Gasteiger partial charge < -0.3 is 26.0 Å². The van der Waals surface area contributed by atoms with Crippen LogP contribution >= 0.6 is 0 Å². The number of hydrogen-bond acceptors (Lipinski definition) is 6. The highest BCUT2D eigenvalue weighted by atomic mass is 16.4. The number of hydrogen-bond donors (Lipinski definition) is 4. The van der Waals surface area contributed by atoms with E-state index in [4.69, 9.17) is 10.8 Å². The third kappa shape index (κ3) is 3.86. The lowest BCUT2D eigenvalue weighted by atomic mass is 9.80. The Bertz CT molecular complexity index is 579. The summed E-state index contributed by atoms with van der Waals surface area (Å²) in [6, 6.07) is 0.301. The Morgan fingerprint density at radius 1 is 1.16 bits per heavy atom. The fraction of sp³-hybridized carbons (Fsp3) is 0.611. The van der Waals surface area contributed by atoms with Crippen LogP contribution in [-0.4, -0.2) is 81.7 Å². The number of allylic oxidation sites excluding steroid dienone is 3. The van der Waals surface area contributed by atoms with Crippen LogP contribution in [0.5, 0.6) is 0 Å². The Morgan fingerprint density at radius 2 is 1.88 bits per heavy atom. The Labute approximate surface area is 147 Å². The van der Waals surface area contributed by atoms with Gasteiger partial charge in [0.2, 0.25) is 0 Å². The molecule has 3 rings (SSSR count). The molecule has 0 spiro atoms. The van der Waals surface area contributed by atoms with Crippen molar-refractivity contribution in [2.45, 2.75) is 37.3 Å². The van der Waals surface area contributed by atoms with Gasteiger partial charge in [0.15, 0.2) is 6.10 Å². The molecule has 5 N–H and O–H groups in total. The molecule has 1 fully saturated rings. The van der Waals surface area contributed by atoms with Crippen molar-refractivity contribution in [3.05, 3.63) is 36.0 Å². The largest absolute Gasteiger partial charge is 0.386 e. The molecule has 1 aliphatic heterocycles. The van der Waals surface area contributed by atoms with E-state index >= 15 is 0 Å². The van der Waals surface area contributed by atoms with Crippen LogP contribution in [0.3, 0.4) is 0 Å². The highest BCUT2D eigenvalue weighted by molar-refractivity contribution is 5.81. The maximum Gasteiger partial charge on any atom is 0.254 e. The van der Waals surface area contributed by atoms with Crippen molar-refractivity contribution in [2.24, 2.45) is 11.7 Å². The van der Waals surface area contributed by atoms with E-state index in [1.807, 2.05) is 0 Å². The number of carbonyl (C=O) groups is 1. The maximum atomic E-state index is 12.3. The summed E-state index contributed by atoms with van der Waals surface area (Å²) in [5.74, 6) is -0.185. The molecule has 25 heavy (non-hydrogen) atoms. The van der Waals surface area contributed by atoms with E-state index in [0.29, 0.717) is 38.1 Å². The summed E-state index contributed by atoms with van der Waals surface area (Å²) in [7, 11) is 0. The maximum absolute atomic E-state index is 12.3. The fourth-order valence-electron chi connectivity index (χ4n) is 3.83. The third-order valence-electron chi connectivity index (χ3n) is 5.33. The Hall–Kier alpha value is -1.51. The van der Waals surface area contributed by atoms with Crippen molar-refractivity contribution in [3.8, 4) is 0 Å². The monoisotopic (exact) mass is 349 g/mol. The molecule has 2 aliphatic carbocycles. The lowest BCUT2D eigenvalue weighted by Crippen LogP contribution is -2.58. The van der Waals surface area contributed by atoms with Gasteiger partial charge in [-0.2, -0.15) is 0 Å². The normalized spacial score (nSPS) is 30.4. The summed E-state index contributed by atoms with van der Waals surface area (Å²) >= 11 is 0. The predicted octanol–water partition coefficient (Wildman–Crippen LogP) is -1.04. The van der Waals surface area contributed by atoms with Crippen LogP contribution in [0.1, 0.15) is 12.8 Å². The van der Waals surface area contributed by atoms with E-state index in [9.17, 15) is 15.0 Å². The van der Waals surface area contributed by atoms with E-state index < -0.39 is 24.3 Å². The van der Waals surface area contributed by atoms with Gasteiger partial charge in [0, 0.05) is 38.1 Å². The standard InChI is InChI=1S/C18H27N3O4/c19-17(24)15(22)16(23)18(25)21-10-8-20(9-11-21)14-7-3-5-12-4-1-2-6-13(12)14/h2-3,5-7,13-17,22-24H,1,4,8-11,19H2/t13?,14?,15-,16-,17?/m1/s1. The molecule has 0 radical (unpaired) electrons. The second-order valence-electron chi connectivity index (χ2n) is 6.90. The first-order valence-corrected chi connectivity index (χ1v) is 8.85. The SMILES string of the molecule is NC(O)[C@H](O)[C@@H](O)C(=O)N1CCN(C2C=CC=C3CCC=CC32)CC1. The van der Waals surface area contributed by atoms with Gasteiger partial charge >= 0.3 is 0 Å². The molecule has 5 atom stereocenters. The van der Waals surface area contributed by atoms with Crippen LogP contribution in [0, 0.1) is 5.92 Å². The number of aliphatic hydroxyl groups excluding tert-OH is 3. The molecule has 3 unspecified atom stereocenters. The van der Waals surface area contributed by atoms with Gasteiger partial charge in [-0.05, 0) is 12.8 Å². The molecule has 1 heterocycles. The number of carbonyl (C=O) groups excluding carboxylic acids is 1. The number of fused-ring (bicyclic) bond motifs is 1. The van der Waals surface area contributed by atoms with E-state index in [1.54, 1.807) is 0 Å². The lowest BCUT2D eigenvalue weighted by Gasteiger charge is -2.43. The first kappa shape index (κ1) is 18.3. The van der Waals surface area contributed by atoms with Crippen molar-refractivity contribution >= 4 is 5.91 Å². The van der Waals surface area contributed by atoms with Crippen LogP contribution in [0.4, 0.5) is 0 Å². The second kappa shape index (κ2) is 7.80. The van der Waals surface area contributed by atoms with Gasteiger partial charge in [-0.25, -0.2) is 0 Å². The number of nitrogens with zero attached hydrogens (tertiary/aromatic N) is 2. The smallest absolute Gasteiger partial charge is 0.254 e. The van der Waals surface area contributed by atoms with E-state index in [2.05, 4.69) is 35.3 Å². The molecular formula is C18H27N3O4. The summed E-state index contributed by atoms with van der Waals surface area (Å²) < 4.78 is 0. The minimum atomic E-state index is -1.70. The van der Waals surface area contributed by atoms with Crippen LogP contribution in [0.15, 0.2) is 36.0 Å². The molecule has 138 valence electrons. The summed E-state index contributed by atoms with van der Waals surface area (Å²) in [5.41, 5.74) is 6.60. The van der Waals surface area contributed by atoms with Gasteiger partial charge in [-0.3, -0.25) is 9.69 Å². The molecule has 0 aromatic rings. The number of aliphatic hydroxyl groups is 3. The topological polar surface area (TPSA) is 110 Å². The van der Waals surface area contributed by atoms with Crippen molar-refractivity contribution in [3.63, 3.8) is 0 Å². The van der Waals surface area contributed by atoms with Crippen LogP contribution in [0.2, 0.25) is 0 Å². The van der Waals surface area contributed by atoms with E-state index in [0.717, 1.165) is 12.8 Å². The fourth-order valence-corrected chi connectivity index (χ4v) is 3.83. The predicted molar refractivity (Wildman–Crippen MR) is 93.2 cm³/mol. The van der Waals surface area contributed by atoms with Gasteiger partial charge in [0.25, 0.3) is 5.91 Å². The first-order valence-electron chi connectivity index (χ1n) is 8.85. The number of rotatable bonds is 4. The second-order valence-corrected chi connectivity index (χ2v) is 6.90. The van der Waals surface area contributed by atoms with E-state index in [-0.39, 0.29) is 0 Å². The molecule has 3 aliphatic rings. The molecule has 0 bridgehead atoms. The highest BCUT2D eigenvalue weighted by Crippen LogP contribution is 2.33.